The van der Waals surface area contributed by atoms with Crippen molar-refractivity contribution in [2.24, 2.45) is 11.7 Å². The van der Waals surface area contributed by atoms with E-state index in [0.29, 0.717) is 0 Å². The number of carbonyl (C=O) groups excluding carboxylic acids is 1. The van der Waals surface area contributed by atoms with Crippen molar-refractivity contribution in [1.82, 2.24) is 9.88 Å². The molecule has 0 saturated carbocycles. The first-order valence-electron chi connectivity index (χ1n) is 7.76. The second-order valence-electron chi connectivity index (χ2n) is 5.85. The molecule has 0 aliphatic carbocycles. The Morgan fingerprint density at radius 1 is 1.43 bits per heavy atom. The minimum absolute atomic E-state index is 0.0246. The third kappa shape index (κ3) is 3.89. The standard InChI is InChI=1S/C17H21N3O2S/c1-22-15-6-4-12(5-7-15)17-19-14(11-23-17)10-20-8-2-3-13(9-20)16(18)21/h4-7,11,13H,2-3,8-10H2,1H3,(H2,18,21)/t13-/m0/s1. The van der Waals surface area contributed by atoms with Crippen molar-refractivity contribution in [2.75, 3.05) is 20.2 Å². The average Bonchev–Trinajstić information content (AvgIpc) is 3.03. The molecule has 1 amide bonds. The molecule has 3 rings (SSSR count). The van der Waals surface area contributed by atoms with E-state index >= 15 is 0 Å². The molecule has 1 atom stereocenters. The van der Waals surface area contributed by atoms with Crippen molar-refractivity contribution in [3.63, 3.8) is 0 Å². The summed E-state index contributed by atoms with van der Waals surface area (Å²) in [6, 6.07) is 7.92. The number of carbonyl (C=O) groups is 1. The van der Waals surface area contributed by atoms with E-state index in [2.05, 4.69) is 10.3 Å². The van der Waals surface area contributed by atoms with Crippen LogP contribution in [0.25, 0.3) is 10.6 Å². The molecular weight excluding hydrogens is 310 g/mol. The van der Waals surface area contributed by atoms with Crippen LogP contribution in [0.2, 0.25) is 0 Å². The monoisotopic (exact) mass is 331 g/mol. The minimum Gasteiger partial charge on any atom is -0.497 e. The number of likely N-dealkylation sites (tertiary alicyclic amines) is 1. The number of piperidine rings is 1. The van der Waals surface area contributed by atoms with Crippen LogP contribution in [-0.2, 0) is 11.3 Å². The smallest absolute Gasteiger partial charge is 0.221 e. The van der Waals surface area contributed by atoms with Crippen molar-refractivity contribution >= 4 is 17.2 Å². The Balaban J connectivity index is 1.65. The lowest BCUT2D eigenvalue weighted by Gasteiger charge is -2.30. The largest absolute Gasteiger partial charge is 0.497 e. The van der Waals surface area contributed by atoms with Crippen LogP contribution >= 0.6 is 11.3 Å². The fourth-order valence-electron chi connectivity index (χ4n) is 2.91. The van der Waals surface area contributed by atoms with Gasteiger partial charge in [-0.15, -0.1) is 11.3 Å². The lowest BCUT2D eigenvalue weighted by molar-refractivity contribution is -0.123. The zero-order valence-corrected chi connectivity index (χ0v) is 14.0. The topological polar surface area (TPSA) is 68.4 Å². The van der Waals surface area contributed by atoms with Crippen LogP contribution < -0.4 is 10.5 Å². The molecule has 23 heavy (non-hydrogen) atoms. The molecule has 2 heterocycles. The van der Waals surface area contributed by atoms with Crippen LogP contribution in [0.1, 0.15) is 18.5 Å². The summed E-state index contributed by atoms with van der Waals surface area (Å²) in [5.74, 6) is 0.631. The molecule has 1 fully saturated rings. The van der Waals surface area contributed by atoms with E-state index in [-0.39, 0.29) is 11.8 Å². The fourth-order valence-corrected chi connectivity index (χ4v) is 3.72. The molecule has 0 spiro atoms. The van der Waals surface area contributed by atoms with Crippen LogP contribution in [0, 0.1) is 5.92 Å². The van der Waals surface area contributed by atoms with E-state index in [1.54, 1.807) is 18.4 Å². The lowest BCUT2D eigenvalue weighted by atomic mass is 9.97. The van der Waals surface area contributed by atoms with Gasteiger partial charge in [-0.2, -0.15) is 0 Å². The van der Waals surface area contributed by atoms with Crippen LogP contribution in [0.5, 0.6) is 5.75 Å². The predicted octanol–water partition coefficient (Wildman–Crippen LogP) is 2.52. The molecule has 6 heteroatoms. The number of thiazole rings is 1. The molecule has 1 saturated heterocycles. The van der Waals surface area contributed by atoms with E-state index in [1.807, 2.05) is 24.3 Å². The summed E-state index contributed by atoms with van der Waals surface area (Å²) < 4.78 is 5.18. The van der Waals surface area contributed by atoms with Gasteiger partial charge in [0.05, 0.1) is 18.7 Å². The summed E-state index contributed by atoms with van der Waals surface area (Å²) in [5.41, 5.74) is 7.58. The van der Waals surface area contributed by atoms with Gasteiger partial charge in [-0.3, -0.25) is 9.69 Å². The summed E-state index contributed by atoms with van der Waals surface area (Å²) >= 11 is 1.64. The third-order valence-electron chi connectivity index (χ3n) is 4.18. The van der Waals surface area contributed by atoms with E-state index in [9.17, 15) is 4.79 Å². The van der Waals surface area contributed by atoms with Gasteiger partial charge in [0, 0.05) is 24.0 Å². The number of nitrogens with two attached hydrogens (primary N) is 1. The molecule has 2 N–H and O–H groups in total. The van der Waals surface area contributed by atoms with Crippen LogP contribution in [-0.4, -0.2) is 36.0 Å². The number of hydrogen-bond donors (Lipinski definition) is 1. The summed E-state index contributed by atoms with van der Waals surface area (Å²) in [4.78, 5) is 18.4. The molecule has 1 aliphatic heterocycles. The summed E-state index contributed by atoms with van der Waals surface area (Å²) in [6.45, 7) is 2.51. The molecule has 1 aromatic heterocycles. The maximum atomic E-state index is 11.4. The number of aromatic nitrogens is 1. The number of rotatable bonds is 5. The number of methoxy groups -OCH3 is 1. The number of hydrogen-bond acceptors (Lipinski definition) is 5. The molecule has 122 valence electrons. The van der Waals surface area contributed by atoms with Crippen molar-refractivity contribution in [1.29, 1.82) is 0 Å². The molecule has 0 unspecified atom stereocenters. The zero-order valence-electron chi connectivity index (χ0n) is 13.2. The number of amides is 1. The second-order valence-corrected chi connectivity index (χ2v) is 6.71. The highest BCUT2D eigenvalue weighted by atomic mass is 32.1. The Morgan fingerprint density at radius 3 is 2.91 bits per heavy atom. The molecule has 1 aromatic carbocycles. The van der Waals surface area contributed by atoms with Crippen LogP contribution in [0.3, 0.4) is 0 Å². The molecule has 0 radical (unpaired) electrons. The highest BCUT2D eigenvalue weighted by Gasteiger charge is 2.24. The number of primary amides is 1. The summed E-state index contributed by atoms with van der Waals surface area (Å²) in [6.07, 6.45) is 1.92. The van der Waals surface area contributed by atoms with Gasteiger partial charge in [-0.25, -0.2) is 4.98 Å². The van der Waals surface area contributed by atoms with Gasteiger partial charge in [0.1, 0.15) is 10.8 Å². The third-order valence-corrected chi connectivity index (χ3v) is 5.12. The van der Waals surface area contributed by atoms with E-state index in [0.717, 1.165) is 54.5 Å². The Labute approximate surface area is 140 Å². The second kappa shape index (κ2) is 7.10. The van der Waals surface area contributed by atoms with E-state index < -0.39 is 0 Å². The van der Waals surface area contributed by atoms with Gasteiger partial charge in [0.25, 0.3) is 0 Å². The summed E-state index contributed by atoms with van der Waals surface area (Å²) in [5, 5.41) is 3.10. The SMILES string of the molecule is COc1ccc(-c2nc(CN3CCC[C@H](C(N)=O)C3)cs2)cc1. The average molecular weight is 331 g/mol. The highest BCUT2D eigenvalue weighted by molar-refractivity contribution is 7.13. The molecule has 1 aliphatic rings. The Kier molecular flexibility index (Phi) is 4.93. The minimum atomic E-state index is -0.188. The highest BCUT2D eigenvalue weighted by Crippen LogP contribution is 2.27. The van der Waals surface area contributed by atoms with Crippen molar-refractivity contribution < 1.29 is 9.53 Å². The fraction of sp³-hybridized carbons (Fsp3) is 0.412. The van der Waals surface area contributed by atoms with Crippen LogP contribution in [0.15, 0.2) is 29.6 Å². The maximum Gasteiger partial charge on any atom is 0.221 e. The van der Waals surface area contributed by atoms with E-state index in [4.69, 9.17) is 15.5 Å². The quantitative estimate of drug-likeness (QED) is 0.914. The first-order valence-corrected chi connectivity index (χ1v) is 8.64. The Bertz CT molecular complexity index is 669. The van der Waals surface area contributed by atoms with Gasteiger partial charge in [0.15, 0.2) is 0 Å². The Hall–Kier alpha value is -1.92. The van der Waals surface area contributed by atoms with Crippen molar-refractivity contribution in [3.8, 4) is 16.3 Å². The summed E-state index contributed by atoms with van der Waals surface area (Å²) in [7, 11) is 1.66. The van der Waals surface area contributed by atoms with Crippen molar-refractivity contribution in [3.05, 3.63) is 35.3 Å². The van der Waals surface area contributed by atoms with Crippen molar-refractivity contribution in [2.45, 2.75) is 19.4 Å². The van der Waals surface area contributed by atoms with Crippen LogP contribution in [0.4, 0.5) is 0 Å². The molecule has 0 bridgehead atoms. The normalized spacial score (nSPS) is 18.7. The number of nitrogens with zero attached hydrogens (tertiary/aromatic N) is 2. The Morgan fingerprint density at radius 2 is 2.22 bits per heavy atom. The van der Waals surface area contributed by atoms with Gasteiger partial charge in [0.2, 0.25) is 5.91 Å². The lowest BCUT2D eigenvalue weighted by Crippen LogP contribution is -2.40. The molecule has 5 nitrogen and oxygen atoms in total. The zero-order chi connectivity index (χ0) is 16.2. The van der Waals surface area contributed by atoms with E-state index in [1.165, 1.54) is 0 Å². The number of benzene rings is 1. The van der Waals surface area contributed by atoms with Gasteiger partial charge < -0.3 is 10.5 Å². The van der Waals surface area contributed by atoms with Gasteiger partial charge in [-0.1, -0.05) is 0 Å². The first-order chi connectivity index (χ1) is 11.2. The number of ether oxygens (including phenoxy) is 1. The van der Waals surface area contributed by atoms with Gasteiger partial charge in [-0.05, 0) is 43.7 Å². The predicted molar refractivity (Wildman–Crippen MR) is 91.3 cm³/mol. The molecular formula is C17H21N3O2S. The molecule has 2 aromatic rings. The first kappa shape index (κ1) is 16.0. The van der Waals surface area contributed by atoms with Gasteiger partial charge >= 0.3 is 0 Å². The maximum absolute atomic E-state index is 11.4.